The summed E-state index contributed by atoms with van der Waals surface area (Å²) >= 11 is 0. The topological polar surface area (TPSA) is 55.1 Å². The lowest BCUT2D eigenvalue weighted by Gasteiger charge is -2.13. The van der Waals surface area contributed by atoms with Crippen molar-refractivity contribution in [1.82, 2.24) is 9.78 Å². The molecule has 0 bridgehead atoms. The number of hydrogen-bond donors (Lipinski definition) is 1. The van der Waals surface area contributed by atoms with Crippen LogP contribution in [0.3, 0.4) is 0 Å². The minimum absolute atomic E-state index is 0.00917. The lowest BCUT2D eigenvalue weighted by atomic mass is 9.92. The molecule has 17 heavy (non-hydrogen) atoms. The lowest BCUT2D eigenvalue weighted by molar-refractivity contribution is -0.143. The van der Waals surface area contributed by atoms with Crippen molar-refractivity contribution in [3.05, 3.63) is 17.5 Å². The Labute approximate surface area is 95.0 Å². The first-order valence-corrected chi connectivity index (χ1v) is 5.08. The number of carboxylic acids is 1. The van der Waals surface area contributed by atoms with Crippen LogP contribution in [0, 0.1) is 0 Å². The molecule has 1 heterocycles. The third-order valence-electron chi connectivity index (χ3n) is 3.01. The van der Waals surface area contributed by atoms with Crippen molar-refractivity contribution in [2.24, 2.45) is 7.05 Å². The van der Waals surface area contributed by atoms with Crippen LogP contribution < -0.4 is 0 Å². The first kappa shape index (κ1) is 11.9. The van der Waals surface area contributed by atoms with E-state index in [-0.39, 0.29) is 12.0 Å². The number of hydrogen-bond acceptors (Lipinski definition) is 2. The van der Waals surface area contributed by atoms with Gasteiger partial charge >= 0.3 is 12.1 Å². The van der Waals surface area contributed by atoms with Crippen LogP contribution >= 0.6 is 0 Å². The van der Waals surface area contributed by atoms with Gasteiger partial charge in [-0.2, -0.15) is 18.3 Å². The van der Waals surface area contributed by atoms with Gasteiger partial charge in [0.05, 0.1) is 6.42 Å². The molecule has 0 radical (unpaired) electrons. The minimum atomic E-state index is -4.54. The maximum Gasteiger partial charge on any atom is 0.435 e. The molecule has 0 amide bonds. The van der Waals surface area contributed by atoms with E-state index in [0.717, 1.165) is 4.68 Å². The SMILES string of the molecule is Cn1cc(C2(CC(=O)O)CC2)c(C(F)(F)F)n1. The summed E-state index contributed by atoms with van der Waals surface area (Å²) in [6, 6.07) is 0. The summed E-state index contributed by atoms with van der Waals surface area (Å²) in [5.41, 5.74) is -1.82. The van der Waals surface area contributed by atoms with E-state index in [1.165, 1.54) is 13.2 Å². The molecule has 0 aromatic carbocycles. The Morgan fingerprint density at radius 3 is 2.59 bits per heavy atom. The van der Waals surface area contributed by atoms with Crippen molar-refractivity contribution in [2.75, 3.05) is 0 Å². The van der Waals surface area contributed by atoms with Gasteiger partial charge in [-0.05, 0) is 12.8 Å². The number of rotatable bonds is 3. The fourth-order valence-corrected chi connectivity index (χ4v) is 2.07. The molecule has 1 aliphatic rings. The highest BCUT2D eigenvalue weighted by atomic mass is 19.4. The maximum atomic E-state index is 12.7. The Morgan fingerprint density at radius 2 is 2.18 bits per heavy atom. The van der Waals surface area contributed by atoms with E-state index in [1.54, 1.807) is 0 Å². The zero-order valence-corrected chi connectivity index (χ0v) is 9.08. The van der Waals surface area contributed by atoms with Crippen LogP contribution in [0.15, 0.2) is 6.20 Å². The second kappa shape index (κ2) is 3.48. The highest BCUT2D eigenvalue weighted by molar-refractivity contribution is 5.70. The molecule has 1 saturated carbocycles. The summed E-state index contributed by atoms with van der Waals surface area (Å²) in [6.07, 6.45) is -2.60. The molecule has 1 aliphatic carbocycles. The summed E-state index contributed by atoms with van der Waals surface area (Å²) in [5, 5.41) is 12.1. The Bertz CT molecular complexity index is 461. The Balaban J connectivity index is 2.42. The molecule has 94 valence electrons. The van der Waals surface area contributed by atoms with Crippen molar-refractivity contribution < 1.29 is 23.1 Å². The van der Waals surface area contributed by atoms with Gasteiger partial charge in [0.25, 0.3) is 0 Å². The van der Waals surface area contributed by atoms with Gasteiger partial charge in [0.1, 0.15) is 0 Å². The highest BCUT2D eigenvalue weighted by Gasteiger charge is 2.52. The van der Waals surface area contributed by atoms with E-state index in [4.69, 9.17) is 5.11 Å². The van der Waals surface area contributed by atoms with Crippen LogP contribution in [0.1, 0.15) is 30.5 Å². The van der Waals surface area contributed by atoms with E-state index in [0.29, 0.717) is 12.8 Å². The number of halogens is 3. The second-order valence-corrected chi connectivity index (χ2v) is 4.41. The predicted octanol–water partition coefficient (Wildman–Crippen LogP) is 1.95. The average Bonchev–Trinajstić information content (AvgIpc) is 2.78. The molecule has 0 saturated heterocycles. The van der Waals surface area contributed by atoms with Gasteiger partial charge in [-0.25, -0.2) is 0 Å². The van der Waals surface area contributed by atoms with Crippen LogP contribution in [0.25, 0.3) is 0 Å². The van der Waals surface area contributed by atoms with Gasteiger partial charge in [-0.1, -0.05) is 0 Å². The molecule has 0 atom stereocenters. The molecule has 1 aromatic heterocycles. The monoisotopic (exact) mass is 248 g/mol. The van der Waals surface area contributed by atoms with E-state index < -0.39 is 23.3 Å². The first-order chi connectivity index (χ1) is 7.74. The second-order valence-electron chi connectivity index (χ2n) is 4.41. The van der Waals surface area contributed by atoms with Crippen molar-refractivity contribution >= 4 is 5.97 Å². The van der Waals surface area contributed by atoms with E-state index in [1.807, 2.05) is 0 Å². The zero-order valence-electron chi connectivity index (χ0n) is 9.08. The molecular formula is C10H11F3N2O2. The van der Waals surface area contributed by atoms with Gasteiger partial charge in [-0.15, -0.1) is 0 Å². The Morgan fingerprint density at radius 1 is 1.59 bits per heavy atom. The molecule has 0 spiro atoms. The van der Waals surface area contributed by atoms with Crippen LogP contribution in [-0.2, 0) is 23.4 Å². The minimum Gasteiger partial charge on any atom is -0.481 e. The zero-order chi connectivity index (χ0) is 12.8. The van der Waals surface area contributed by atoms with Crippen LogP contribution in [0.2, 0.25) is 0 Å². The van der Waals surface area contributed by atoms with Crippen LogP contribution in [-0.4, -0.2) is 20.9 Å². The van der Waals surface area contributed by atoms with Gasteiger partial charge in [0.15, 0.2) is 5.69 Å². The summed E-state index contributed by atoms with van der Waals surface area (Å²) in [5.74, 6) is -1.08. The van der Waals surface area contributed by atoms with Crippen molar-refractivity contribution in [3.8, 4) is 0 Å². The molecule has 2 rings (SSSR count). The van der Waals surface area contributed by atoms with Crippen molar-refractivity contribution in [1.29, 1.82) is 0 Å². The molecule has 1 aromatic rings. The molecule has 0 unspecified atom stereocenters. The summed E-state index contributed by atoms with van der Waals surface area (Å²) < 4.78 is 39.3. The molecule has 4 nitrogen and oxygen atoms in total. The van der Waals surface area contributed by atoms with E-state index >= 15 is 0 Å². The number of nitrogens with zero attached hydrogens (tertiary/aromatic N) is 2. The molecule has 7 heteroatoms. The summed E-state index contributed by atoms with van der Waals surface area (Å²) in [6.45, 7) is 0. The Hall–Kier alpha value is -1.53. The van der Waals surface area contributed by atoms with Gasteiger partial charge in [-0.3, -0.25) is 9.48 Å². The highest BCUT2D eigenvalue weighted by Crippen LogP contribution is 2.53. The molecule has 1 fully saturated rings. The first-order valence-electron chi connectivity index (χ1n) is 5.08. The maximum absolute atomic E-state index is 12.7. The number of aryl methyl sites for hydroxylation is 1. The smallest absolute Gasteiger partial charge is 0.435 e. The normalized spacial score (nSPS) is 18.1. The van der Waals surface area contributed by atoms with Crippen LogP contribution in [0.4, 0.5) is 13.2 Å². The largest absolute Gasteiger partial charge is 0.481 e. The van der Waals surface area contributed by atoms with E-state index in [9.17, 15) is 18.0 Å². The summed E-state index contributed by atoms with van der Waals surface area (Å²) in [7, 11) is 1.40. The number of carbonyl (C=O) groups is 1. The lowest BCUT2D eigenvalue weighted by Crippen LogP contribution is -2.18. The standard InChI is InChI=1S/C10H11F3N2O2/c1-15-5-6(8(14-15)10(11,12)13)9(2-3-9)4-7(16)17/h5H,2-4H2,1H3,(H,16,17). The van der Waals surface area contributed by atoms with E-state index in [2.05, 4.69) is 5.10 Å². The summed E-state index contributed by atoms with van der Waals surface area (Å²) in [4.78, 5) is 10.7. The molecular weight excluding hydrogens is 237 g/mol. The van der Waals surface area contributed by atoms with Crippen LogP contribution in [0.5, 0.6) is 0 Å². The average molecular weight is 248 g/mol. The number of alkyl halides is 3. The van der Waals surface area contributed by atoms with Gasteiger partial charge in [0.2, 0.25) is 0 Å². The fourth-order valence-electron chi connectivity index (χ4n) is 2.07. The third-order valence-corrected chi connectivity index (χ3v) is 3.01. The number of carboxylic acid groups (broad SMARTS) is 1. The Kier molecular flexibility index (Phi) is 2.44. The quantitative estimate of drug-likeness (QED) is 0.889. The van der Waals surface area contributed by atoms with Crippen molar-refractivity contribution in [3.63, 3.8) is 0 Å². The predicted molar refractivity (Wildman–Crippen MR) is 51.4 cm³/mol. The number of aliphatic carboxylic acids is 1. The molecule has 0 aliphatic heterocycles. The fraction of sp³-hybridized carbons (Fsp3) is 0.600. The number of aromatic nitrogens is 2. The van der Waals surface area contributed by atoms with Gasteiger partial charge < -0.3 is 5.11 Å². The van der Waals surface area contributed by atoms with Crippen molar-refractivity contribution in [2.45, 2.75) is 30.9 Å². The van der Waals surface area contributed by atoms with Gasteiger partial charge in [0, 0.05) is 24.2 Å². The third kappa shape index (κ3) is 2.13. The molecule has 1 N–H and O–H groups in total.